The van der Waals surface area contributed by atoms with E-state index in [1.807, 2.05) is 19.1 Å². The fraction of sp³-hybridized carbons (Fsp3) is 0.381. The number of H-pyrrole nitrogens is 1. The molecule has 2 aromatic heterocycles. The molecule has 6 nitrogen and oxygen atoms in total. The first kappa shape index (κ1) is 20.9. The Morgan fingerprint density at radius 2 is 2.13 bits per heavy atom. The molecule has 1 aromatic carbocycles. The molecule has 1 saturated heterocycles. The summed E-state index contributed by atoms with van der Waals surface area (Å²) in [5.41, 5.74) is 1.82. The largest absolute Gasteiger partial charge is 0.349 e. The van der Waals surface area contributed by atoms with Crippen LogP contribution in [0.2, 0.25) is 10.0 Å². The van der Waals surface area contributed by atoms with Crippen LogP contribution in [0.15, 0.2) is 30.5 Å². The Kier molecular flexibility index (Phi) is 6.11. The summed E-state index contributed by atoms with van der Waals surface area (Å²) in [6.07, 6.45) is 5.56. The van der Waals surface area contributed by atoms with E-state index in [0.717, 1.165) is 10.9 Å². The van der Waals surface area contributed by atoms with Gasteiger partial charge in [0.15, 0.2) is 0 Å². The molecule has 1 aliphatic heterocycles. The second-order valence-electron chi connectivity index (χ2n) is 7.51. The van der Waals surface area contributed by atoms with Crippen molar-refractivity contribution in [3.8, 4) is 0 Å². The van der Waals surface area contributed by atoms with Crippen LogP contribution in [-0.4, -0.2) is 50.0 Å². The van der Waals surface area contributed by atoms with E-state index in [2.05, 4.69) is 15.3 Å². The first-order valence-corrected chi connectivity index (χ1v) is 10.6. The lowest BCUT2D eigenvalue weighted by Crippen LogP contribution is -2.41. The van der Waals surface area contributed by atoms with E-state index in [4.69, 9.17) is 23.2 Å². The maximum Gasteiger partial charge on any atom is 0.271 e. The second kappa shape index (κ2) is 8.78. The van der Waals surface area contributed by atoms with Crippen molar-refractivity contribution in [1.29, 1.82) is 0 Å². The third kappa shape index (κ3) is 4.23. The molecule has 4 rings (SSSR count). The topological polar surface area (TPSA) is 66.8 Å². The molecular formula is C21H22Cl2FN5O. The lowest BCUT2D eigenvalue weighted by atomic mass is 9.92. The number of benzene rings is 1. The molecule has 0 saturated carbocycles. The van der Waals surface area contributed by atoms with Crippen LogP contribution in [-0.2, 0) is 6.54 Å². The highest BCUT2D eigenvalue weighted by atomic mass is 35.5. The Bertz CT molecular complexity index is 1080. The van der Waals surface area contributed by atoms with Gasteiger partial charge < -0.3 is 9.88 Å². The number of aromatic amines is 1. The van der Waals surface area contributed by atoms with Crippen molar-refractivity contribution >= 4 is 46.1 Å². The highest BCUT2D eigenvalue weighted by Gasteiger charge is 2.31. The van der Waals surface area contributed by atoms with Crippen LogP contribution in [0.25, 0.3) is 17.0 Å². The molecule has 9 heteroatoms. The number of aromatic nitrogens is 4. The van der Waals surface area contributed by atoms with Crippen molar-refractivity contribution in [2.45, 2.75) is 32.5 Å². The van der Waals surface area contributed by atoms with Crippen LogP contribution in [0, 0.1) is 5.92 Å². The number of hydrogen-bond donors (Lipinski definition) is 1. The van der Waals surface area contributed by atoms with Crippen LogP contribution in [0.1, 0.15) is 35.9 Å². The minimum Gasteiger partial charge on any atom is -0.349 e. The van der Waals surface area contributed by atoms with Gasteiger partial charge in [0.1, 0.15) is 17.6 Å². The molecular weight excluding hydrogens is 428 g/mol. The summed E-state index contributed by atoms with van der Waals surface area (Å²) in [6, 6.07) is 5.28. The Labute approximate surface area is 183 Å². The van der Waals surface area contributed by atoms with Crippen molar-refractivity contribution in [1.82, 2.24) is 24.9 Å². The van der Waals surface area contributed by atoms with Gasteiger partial charge in [-0.2, -0.15) is 0 Å². The van der Waals surface area contributed by atoms with E-state index in [-0.39, 0.29) is 18.4 Å². The molecule has 1 amide bonds. The van der Waals surface area contributed by atoms with Crippen LogP contribution < -0.4 is 0 Å². The monoisotopic (exact) mass is 449 g/mol. The average molecular weight is 450 g/mol. The Morgan fingerprint density at radius 1 is 1.37 bits per heavy atom. The first-order chi connectivity index (χ1) is 14.5. The number of amides is 1. The van der Waals surface area contributed by atoms with Gasteiger partial charge in [0.25, 0.3) is 5.91 Å². The van der Waals surface area contributed by atoms with Crippen molar-refractivity contribution in [2.75, 3.05) is 13.1 Å². The molecule has 0 radical (unpaired) electrons. The normalized spacial score (nSPS) is 16.6. The molecule has 1 unspecified atom stereocenters. The molecule has 158 valence electrons. The summed E-state index contributed by atoms with van der Waals surface area (Å²) < 4.78 is 16.3. The Hall–Kier alpha value is -2.38. The maximum atomic E-state index is 14.8. The highest BCUT2D eigenvalue weighted by Crippen LogP contribution is 2.32. The zero-order chi connectivity index (χ0) is 21.3. The number of fused-ring (bicyclic) bond motifs is 1. The number of likely N-dealkylation sites (tertiary alicyclic amines) is 1. The number of carbonyl (C=O) groups excluding carboxylic acids is 1. The molecule has 3 heterocycles. The van der Waals surface area contributed by atoms with Gasteiger partial charge in [-0.15, -0.1) is 5.10 Å². The summed E-state index contributed by atoms with van der Waals surface area (Å²) in [5, 5.41) is 9.60. The zero-order valence-electron chi connectivity index (χ0n) is 16.5. The summed E-state index contributed by atoms with van der Waals surface area (Å²) in [7, 11) is 0. The third-order valence-electron chi connectivity index (χ3n) is 5.50. The fourth-order valence-corrected chi connectivity index (χ4v) is 4.34. The van der Waals surface area contributed by atoms with E-state index in [1.54, 1.807) is 29.3 Å². The molecule has 1 fully saturated rings. The van der Waals surface area contributed by atoms with Gasteiger partial charge in [0, 0.05) is 29.0 Å². The average Bonchev–Trinajstić information content (AvgIpc) is 3.32. The van der Waals surface area contributed by atoms with Crippen molar-refractivity contribution in [2.24, 2.45) is 5.92 Å². The second-order valence-corrected chi connectivity index (χ2v) is 8.33. The van der Waals surface area contributed by atoms with Gasteiger partial charge in [-0.25, -0.2) is 9.07 Å². The number of hydrogen-bond acceptors (Lipinski definition) is 3. The predicted molar refractivity (Wildman–Crippen MR) is 117 cm³/mol. The number of rotatable bonds is 5. The number of carbonyl (C=O) groups is 1. The zero-order valence-corrected chi connectivity index (χ0v) is 18.0. The van der Waals surface area contributed by atoms with E-state index >= 15 is 0 Å². The summed E-state index contributed by atoms with van der Waals surface area (Å²) in [5.74, 6) is -0.297. The Morgan fingerprint density at radius 3 is 2.87 bits per heavy atom. The van der Waals surface area contributed by atoms with Crippen molar-refractivity contribution in [3.63, 3.8) is 0 Å². The summed E-state index contributed by atoms with van der Waals surface area (Å²) in [6.45, 7) is 3.02. The quantitative estimate of drug-likeness (QED) is 0.596. The fourth-order valence-electron chi connectivity index (χ4n) is 3.88. The number of piperidine rings is 1. The van der Waals surface area contributed by atoms with Gasteiger partial charge in [-0.1, -0.05) is 34.5 Å². The standard InChI is InChI=1S/C21H22Cl2FN5O/c1-2-3-15-11-29(27-26-15)12-17(24)13-6-8-28(9-7-13)21(30)20-19(23)16-10-14(22)4-5-18(16)25-20/h2-5,10-11,13,17,25H,6-9,12H2,1H3/b3-2+. The number of halogens is 3. The summed E-state index contributed by atoms with van der Waals surface area (Å²) >= 11 is 12.5. The molecule has 0 bridgehead atoms. The van der Waals surface area contributed by atoms with E-state index in [0.29, 0.717) is 47.4 Å². The predicted octanol–water partition coefficient (Wildman–Crippen LogP) is 4.99. The SMILES string of the molecule is C/C=C/c1cn(CC(F)C2CCN(C(=O)c3[nH]c4ccc(Cl)cc4c3Cl)CC2)nn1. The third-order valence-corrected chi connectivity index (χ3v) is 6.13. The van der Waals surface area contributed by atoms with E-state index in [9.17, 15) is 9.18 Å². The Balaban J connectivity index is 1.38. The first-order valence-electron chi connectivity index (χ1n) is 9.89. The van der Waals surface area contributed by atoms with Crippen molar-refractivity contribution < 1.29 is 9.18 Å². The highest BCUT2D eigenvalue weighted by molar-refractivity contribution is 6.39. The molecule has 30 heavy (non-hydrogen) atoms. The van der Waals surface area contributed by atoms with Crippen LogP contribution in [0.4, 0.5) is 4.39 Å². The molecule has 0 spiro atoms. The minimum absolute atomic E-state index is 0.125. The van der Waals surface area contributed by atoms with Crippen molar-refractivity contribution in [3.05, 3.63) is 51.9 Å². The van der Waals surface area contributed by atoms with E-state index < -0.39 is 6.17 Å². The van der Waals surface area contributed by atoms with Gasteiger partial charge in [-0.3, -0.25) is 4.79 Å². The van der Waals surface area contributed by atoms with Gasteiger partial charge in [0.05, 0.1) is 17.8 Å². The molecule has 1 aliphatic rings. The lowest BCUT2D eigenvalue weighted by molar-refractivity contribution is 0.0607. The van der Waals surface area contributed by atoms with E-state index in [1.165, 1.54) is 4.68 Å². The molecule has 1 N–H and O–H groups in total. The van der Waals surface area contributed by atoms with Gasteiger partial charge >= 0.3 is 0 Å². The summed E-state index contributed by atoms with van der Waals surface area (Å²) in [4.78, 5) is 17.8. The molecule has 3 aromatic rings. The number of nitrogens with zero attached hydrogens (tertiary/aromatic N) is 4. The van der Waals surface area contributed by atoms with Gasteiger partial charge in [0.2, 0.25) is 0 Å². The minimum atomic E-state index is -1.04. The smallest absolute Gasteiger partial charge is 0.271 e. The van der Waals surface area contributed by atoms with Gasteiger partial charge in [-0.05, 0) is 50.0 Å². The van der Waals surface area contributed by atoms with Crippen LogP contribution in [0.5, 0.6) is 0 Å². The van der Waals surface area contributed by atoms with Crippen LogP contribution in [0.3, 0.4) is 0 Å². The lowest BCUT2D eigenvalue weighted by Gasteiger charge is -2.33. The maximum absolute atomic E-state index is 14.8. The molecule has 1 atom stereocenters. The number of allylic oxidation sites excluding steroid dienone is 1. The molecule has 0 aliphatic carbocycles. The number of alkyl halides is 1. The number of nitrogens with one attached hydrogen (secondary N) is 1. The van der Waals surface area contributed by atoms with Crippen LogP contribution >= 0.6 is 23.2 Å².